The zero-order valence-electron chi connectivity index (χ0n) is 10.6. The number of hydrogen-bond donors (Lipinski definition) is 1. The number of amides is 1. The molecule has 0 aromatic heterocycles. The van der Waals surface area contributed by atoms with E-state index in [9.17, 15) is 14.7 Å². The van der Waals surface area contributed by atoms with Crippen LogP contribution in [0.3, 0.4) is 0 Å². The molecule has 0 radical (unpaired) electrons. The molecule has 1 aliphatic carbocycles. The Balaban J connectivity index is 2.28. The van der Waals surface area contributed by atoms with Gasteiger partial charge in [-0.1, -0.05) is 12.5 Å². The Morgan fingerprint density at radius 3 is 2.58 bits per heavy atom. The van der Waals surface area contributed by atoms with E-state index >= 15 is 0 Å². The number of rotatable bonds is 3. The molecule has 0 saturated heterocycles. The fraction of sp³-hybridized carbons (Fsp3) is 0.357. The van der Waals surface area contributed by atoms with E-state index in [0.717, 1.165) is 6.42 Å². The van der Waals surface area contributed by atoms with Crippen LogP contribution in [0.5, 0.6) is 0 Å². The third kappa shape index (κ3) is 2.06. The van der Waals surface area contributed by atoms with E-state index in [1.54, 1.807) is 31.3 Å². The topological polar surface area (TPSA) is 81.4 Å². The molecule has 1 amide bonds. The average Bonchev–Trinajstić information content (AvgIpc) is 2.36. The molecule has 1 saturated carbocycles. The monoisotopic (exact) mass is 258 g/mol. The van der Waals surface area contributed by atoms with Gasteiger partial charge in [0.1, 0.15) is 5.41 Å². The normalized spacial score (nSPS) is 16.0. The molecule has 1 fully saturated rings. The lowest BCUT2D eigenvalue weighted by Crippen LogP contribution is -2.51. The van der Waals surface area contributed by atoms with Gasteiger partial charge in [-0.05, 0) is 31.0 Å². The summed E-state index contributed by atoms with van der Waals surface area (Å²) in [5.41, 5.74) is -0.302. The molecule has 1 aliphatic rings. The minimum atomic E-state index is -1.28. The van der Waals surface area contributed by atoms with Crippen LogP contribution in [0.25, 0.3) is 0 Å². The van der Waals surface area contributed by atoms with Crippen molar-refractivity contribution in [3.8, 4) is 6.07 Å². The van der Waals surface area contributed by atoms with Gasteiger partial charge < -0.3 is 10.0 Å². The predicted octanol–water partition coefficient (Wildman–Crippen LogP) is 1.78. The number of anilines is 1. The Morgan fingerprint density at radius 1 is 1.42 bits per heavy atom. The van der Waals surface area contributed by atoms with Gasteiger partial charge in [0.2, 0.25) is 5.91 Å². The summed E-state index contributed by atoms with van der Waals surface area (Å²) in [7, 11) is 1.54. The summed E-state index contributed by atoms with van der Waals surface area (Å²) < 4.78 is 0. The van der Waals surface area contributed by atoms with E-state index in [1.807, 2.05) is 6.07 Å². The van der Waals surface area contributed by atoms with Gasteiger partial charge in [-0.25, -0.2) is 0 Å². The fourth-order valence-corrected chi connectivity index (χ4v) is 2.27. The number of benzene rings is 1. The van der Waals surface area contributed by atoms with Crippen LogP contribution in [-0.2, 0) is 9.59 Å². The standard InChI is InChI=1S/C14H14N2O3/c1-16(11-5-2-4-10(8-11)9-15)12(17)14(13(18)19)6-3-7-14/h2,4-5,8H,3,6-7H2,1H3,(H,18,19). The van der Waals surface area contributed by atoms with E-state index in [2.05, 4.69) is 0 Å². The van der Waals surface area contributed by atoms with E-state index in [-0.39, 0.29) is 0 Å². The number of hydrogen-bond acceptors (Lipinski definition) is 3. The SMILES string of the molecule is CN(C(=O)C1(C(=O)O)CCC1)c1cccc(C#N)c1. The highest BCUT2D eigenvalue weighted by atomic mass is 16.4. The molecule has 5 nitrogen and oxygen atoms in total. The lowest BCUT2D eigenvalue weighted by Gasteiger charge is -2.38. The molecule has 0 spiro atoms. The zero-order valence-corrected chi connectivity index (χ0v) is 10.6. The first-order chi connectivity index (χ1) is 9.01. The molecular formula is C14H14N2O3. The Kier molecular flexibility index (Phi) is 3.26. The summed E-state index contributed by atoms with van der Waals surface area (Å²) in [4.78, 5) is 25.0. The van der Waals surface area contributed by atoms with Crippen LogP contribution in [0.1, 0.15) is 24.8 Å². The zero-order chi connectivity index (χ0) is 14.0. The minimum Gasteiger partial charge on any atom is -0.480 e. The largest absolute Gasteiger partial charge is 0.480 e. The Bertz CT molecular complexity index is 570. The van der Waals surface area contributed by atoms with Crippen molar-refractivity contribution in [2.75, 3.05) is 11.9 Å². The van der Waals surface area contributed by atoms with Crippen LogP contribution < -0.4 is 4.90 Å². The predicted molar refractivity (Wildman–Crippen MR) is 68.5 cm³/mol. The number of nitrogens with zero attached hydrogens (tertiary/aromatic N) is 2. The number of carbonyl (C=O) groups is 2. The van der Waals surface area contributed by atoms with Gasteiger partial charge in [0.05, 0.1) is 11.6 Å². The van der Waals surface area contributed by atoms with Crippen molar-refractivity contribution in [2.24, 2.45) is 5.41 Å². The molecular weight excluding hydrogens is 244 g/mol. The molecule has 19 heavy (non-hydrogen) atoms. The quantitative estimate of drug-likeness (QED) is 0.838. The van der Waals surface area contributed by atoms with Crippen LogP contribution in [0.15, 0.2) is 24.3 Å². The first kappa shape index (κ1) is 13.1. The lowest BCUT2D eigenvalue weighted by atomic mass is 9.68. The van der Waals surface area contributed by atoms with Crippen LogP contribution in [0.4, 0.5) is 5.69 Å². The lowest BCUT2D eigenvalue weighted by molar-refractivity contribution is -0.160. The average molecular weight is 258 g/mol. The van der Waals surface area contributed by atoms with Crippen molar-refractivity contribution in [3.63, 3.8) is 0 Å². The number of carbonyl (C=O) groups excluding carboxylic acids is 1. The summed E-state index contributed by atoms with van der Waals surface area (Å²) >= 11 is 0. The maximum atomic E-state index is 12.4. The maximum Gasteiger partial charge on any atom is 0.319 e. The van der Waals surface area contributed by atoms with Crippen molar-refractivity contribution in [1.29, 1.82) is 5.26 Å². The number of aliphatic carboxylic acids is 1. The second-order valence-corrected chi connectivity index (χ2v) is 4.77. The molecule has 0 unspecified atom stereocenters. The highest BCUT2D eigenvalue weighted by molar-refractivity contribution is 6.10. The second-order valence-electron chi connectivity index (χ2n) is 4.77. The summed E-state index contributed by atoms with van der Waals surface area (Å²) in [5.74, 6) is -1.48. The van der Waals surface area contributed by atoms with Crippen molar-refractivity contribution < 1.29 is 14.7 Å². The van der Waals surface area contributed by atoms with E-state index in [0.29, 0.717) is 24.1 Å². The van der Waals surface area contributed by atoms with Crippen molar-refractivity contribution in [3.05, 3.63) is 29.8 Å². The van der Waals surface area contributed by atoms with E-state index in [1.165, 1.54) is 4.90 Å². The number of carboxylic acid groups (broad SMARTS) is 1. The van der Waals surface area contributed by atoms with E-state index in [4.69, 9.17) is 5.26 Å². The van der Waals surface area contributed by atoms with Crippen molar-refractivity contribution >= 4 is 17.6 Å². The fourth-order valence-electron chi connectivity index (χ4n) is 2.27. The molecule has 1 aromatic rings. The number of carboxylic acids is 1. The molecule has 2 rings (SSSR count). The molecule has 98 valence electrons. The molecule has 0 atom stereocenters. The van der Waals surface area contributed by atoms with Gasteiger partial charge in [-0.2, -0.15) is 5.26 Å². The maximum absolute atomic E-state index is 12.4. The van der Waals surface area contributed by atoms with Crippen molar-refractivity contribution in [2.45, 2.75) is 19.3 Å². The molecule has 1 N–H and O–H groups in total. The van der Waals surface area contributed by atoms with Gasteiger partial charge in [0.15, 0.2) is 0 Å². The van der Waals surface area contributed by atoms with Crippen molar-refractivity contribution in [1.82, 2.24) is 0 Å². The summed E-state index contributed by atoms with van der Waals surface area (Å²) in [6, 6.07) is 8.57. The van der Waals surface area contributed by atoms with Crippen LogP contribution in [-0.4, -0.2) is 24.0 Å². The third-order valence-electron chi connectivity index (χ3n) is 3.69. The molecule has 0 heterocycles. The molecule has 0 aliphatic heterocycles. The first-order valence-electron chi connectivity index (χ1n) is 6.03. The Morgan fingerprint density at radius 2 is 2.11 bits per heavy atom. The van der Waals surface area contributed by atoms with Gasteiger partial charge in [0, 0.05) is 12.7 Å². The van der Waals surface area contributed by atoms with Gasteiger partial charge in [-0.3, -0.25) is 9.59 Å². The van der Waals surface area contributed by atoms with Gasteiger partial charge in [-0.15, -0.1) is 0 Å². The van der Waals surface area contributed by atoms with Crippen LogP contribution in [0.2, 0.25) is 0 Å². The Labute approximate surface area is 111 Å². The summed E-state index contributed by atoms with van der Waals surface area (Å²) in [6.07, 6.45) is 1.51. The van der Waals surface area contributed by atoms with Gasteiger partial charge in [0.25, 0.3) is 0 Å². The molecule has 5 heteroatoms. The summed E-state index contributed by atoms with van der Waals surface area (Å²) in [6.45, 7) is 0. The van der Waals surface area contributed by atoms with Crippen LogP contribution >= 0.6 is 0 Å². The molecule has 0 bridgehead atoms. The summed E-state index contributed by atoms with van der Waals surface area (Å²) in [5, 5.41) is 18.1. The smallest absolute Gasteiger partial charge is 0.319 e. The molecule has 1 aromatic carbocycles. The first-order valence-corrected chi connectivity index (χ1v) is 6.03. The number of nitriles is 1. The van der Waals surface area contributed by atoms with Gasteiger partial charge >= 0.3 is 5.97 Å². The Hall–Kier alpha value is -2.35. The highest BCUT2D eigenvalue weighted by Gasteiger charge is 2.52. The van der Waals surface area contributed by atoms with E-state index < -0.39 is 17.3 Å². The second kappa shape index (κ2) is 4.73. The third-order valence-corrected chi connectivity index (χ3v) is 3.69. The minimum absolute atomic E-state index is 0.378. The van der Waals surface area contributed by atoms with Crippen LogP contribution in [0, 0.1) is 16.7 Å². The highest BCUT2D eigenvalue weighted by Crippen LogP contribution is 2.43.